The fourth-order valence-corrected chi connectivity index (χ4v) is 3.08. The van der Waals surface area contributed by atoms with E-state index in [9.17, 15) is 9.59 Å². The molecule has 5 nitrogen and oxygen atoms in total. The highest BCUT2D eigenvalue weighted by atomic mass is 35.5. The Morgan fingerprint density at radius 3 is 2.75 bits per heavy atom. The molecule has 1 N–H and O–H groups in total. The maximum absolute atomic E-state index is 12.1. The van der Waals surface area contributed by atoms with Crippen LogP contribution in [0.2, 0.25) is 5.02 Å². The molecule has 2 amide bonds. The van der Waals surface area contributed by atoms with Crippen LogP contribution >= 0.6 is 23.4 Å². The number of carbonyl (C=O) groups is 2. The number of halogens is 1. The van der Waals surface area contributed by atoms with E-state index in [2.05, 4.69) is 10.3 Å². The van der Waals surface area contributed by atoms with E-state index >= 15 is 0 Å². The van der Waals surface area contributed by atoms with Crippen LogP contribution in [0.25, 0.3) is 0 Å². The first-order valence-electron chi connectivity index (χ1n) is 7.29. The Balaban J connectivity index is 1.82. The van der Waals surface area contributed by atoms with Crippen LogP contribution in [0.15, 0.2) is 47.5 Å². The summed E-state index contributed by atoms with van der Waals surface area (Å²) in [5, 5.41) is 3.29. The van der Waals surface area contributed by atoms with Gasteiger partial charge in [-0.2, -0.15) is 0 Å². The number of benzene rings is 1. The second kappa shape index (κ2) is 8.70. The van der Waals surface area contributed by atoms with Gasteiger partial charge in [0.1, 0.15) is 5.82 Å². The zero-order chi connectivity index (χ0) is 17.5. The van der Waals surface area contributed by atoms with Gasteiger partial charge in [0.05, 0.1) is 17.3 Å². The molecule has 0 saturated carbocycles. The number of thioether (sulfide) groups is 1. The number of hydrogen-bond acceptors (Lipinski definition) is 4. The van der Waals surface area contributed by atoms with Gasteiger partial charge in [-0.05, 0) is 36.8 Å². The number of aryl methyl sites for hydroxylation is 1. The van der Waals surface area contributed by atoms with Gasteiger partial charge >= 0.3 is 0 Å². The summed E-state index contributed by atoms with van der Waals surface area (Å²) in [6, 6.07) is 11.0. The van der Waals surface area contributed by atoms with Gasteiger partial charge in [0, 0.05) is 18.1 Å². The van der Waals surface area contributed by atoms with Crippen molar-refractivity contribution >= 4 is 41.0 Å². The smallest absolute Gasteiger partial charge is 0.245 e. The van der Waals surface area contributed by atoms with Gasteiger partial charge in [-0.1, -0.05) is 23.7 Å². The summed E-state index contributed by atoms with van der Waals surface area (Å²) < 4.78 is 0. The van der Waals surface area contributed by atoms with Crippen LogP contribution in [-0.4, -0.2) is 41.0 Å². The molecule has 1 aromatic heterocycles. The lowest BCUT2D eigenvalue weighted by Crippen LogP contribution is -2.36. The molecule has 0 atom stereocenters. The zero-order valence-corrected chi connectivity index (χ0v) is 15.0. The highest BCUT2D eigenvalue weighted by molar-refractivity contribution is 8.00. The summed E-state index contributed by atoms with van der Waals surface area (Å²) in [7, 11) is 1.60. The lowest BCUT2D eigenvalue weighted by molar-refractivity contribution is -0.131. The number of anilines is 1. The van der Waals surface area contributed by atoms with Crippen LogP contribution in [0.3, 0.4) is 0 Å². The lowest BCUT2D eigenvalue weighted by Gasteiger charge is -2.16. The summed E-state index contributed by atoms with van der Waals surface area (Å²) in [6.07, 6.45) is 1.63. The number of pyridine rings is 1. The van der Waals surface area contributed by atoms with Gasteiger partial charge in [0.25, 0.3) is 0 Å². The molecule has 0 saturated heterocycles. The molecule has 7 heteroatoms. The van der Waals surface area contributed by atoms with E-state index in [-0.39, 0.29) is 24.1 Å². The Labute approximate surface area is 150 Å². The third-order valence-corrected chi connectivity index (χ3v) is 4.68. The minimum absolute atomic E-state index is 0.0302. The quantitative estimate of drug-likeness (QED) is 0.800. The second-order valence-corrected chi connectivity index (χ2v) is 6.66. The van der Waals surface area contributed by atoms with E-state index in [1.165, 1.54) is 16.7 Å². The van der Waals surface area contributed by atoms with Gasteiger partial charge in [-0.3, -0.25) is 9.59 Å². The predicted octanol–water partition coefficient (Wildman–Crippen LogP) is 3.23. The molecular formula is C17H18ClN3O2S. The summed E-state index contributed by atoms with van der Waals surface area (Å²) in [5.41, 5.74) is 1.00. The molecule has 0 radical (unpaired) electrons. The Morgan fingerprint density at radius 2 is 2.04 bits per heavy atom. The maximum atomic E-state index is 12.1. The van der Waals surface area contributed by atoms with Crippen LogP contribution in [0.1, 0.15) is 5.56 Å². The summed E-state index contributed by atoms with van der Waals surface area (Å²) >= 11 is 7.41. The van der Waals surface area contributed by atoms with E-state index in [1.54, 1.807) is 25.4 Å². The van der Waals surface area contributed by atoms with Crippen LogP contribution in [0, 0.1) is 6.92 Å². The fourth-order valence-electron chi connectivity index (χ4n) is 1.90. The standard InChI is InChI=1S/C17H18ClN3O2S/c1-12-7-8-19-15(9-12)20-16(22)10-21(2)17(23)11-24-14-6-4-3-5-13(14)18/h3-9H,10-11H2,1-2H3,(H,19,20,22). The minimum atomic E-state index is -0.285. The highest BCUT2D eigenvalue weighted by Gasteiger charge is 2.14. The molecule has 2 rings (SSSR count). The Hall–Kier alpha value is -2.05. The number of carbonyl (C=O) groups excluding carboxylic acids is 2. The van der Waals surface area contributed by atoms with Gasteiger partial charge in [-0.15, -0.1) is 11.8 Å². The molecule has 24 heavy (non-hydrogen) atoms. The number of amides is 2. The maximum Gasteiger partial charge on any atom is 0.245 e. The molecule has 0 bridgehead atoms. The SMILES string of the molecule is Cc1ccnc(NC(=O)CN(C)C(=O)CSc2ccccc2Cl)c1. The monoisotopic (exact) mass is 363 g/mol. The average molecular weight is 364 g/mol. The van der Waals surface area contributed by atoms with E-state index < -0.39 is 0 Å². The van der Waals surface area contributed by atoms with E-state index in [0.717, 1.165) is 10.5 Å². The molecule has 1 aromatic carbocycles. The topological polar surface area (TPSA) is 62.3 Å². The number of rotatable bonds is 6. The van der Waals surface area contributed by atoms with Crippen molar-refractivity contribution in [3.05, 3.63) is 53.2 Å². The first kappa shape index (κ1) is 18.3. The number of likely N-dealkylation sites (N-methyl/N-ethyl adjacent to an activating group) is 1. The summed E-state index contributed by atoms with van der Waals surface area (Å²) in [4.78, 5) is 30.4. The second-order valence-electron chi connectivity index (χ2n) is 5.24. The fraction of sp³-hybridized carbons (Fsp3) is 0.235. The molecule has 0 aliphatic carbocycles. The Kier molecular flexibility index (Phi) is 6.63. The van der Waals surface area contributed by atoms with E-state index in [0.29, 0.717) is 10.8 Å². The molecule has 2 aromatic rings. The van der Waals surface area contributed by atoms with Crippen molar-refractivity contribution in [3.63, 3.8) is 0 Å². The number of nitrogens with zero attached hydrogens (tertiary/aromatic N) is 2. The van der Waals surface area contributed by atoms with Gasteiger partial charge < -0.3 is 10.2 Å². The van der Waals surface area contributed by atoms with Crippen LogP contribution in [0.5, 0.6) is 0 Å². The number of aromatic nitrogens is 1. The molecule has 0 unspecified atom stereocenters. The van der Waals surface area contributed by atoms with Crippen LogP contribution < -0.4 is 5.32 Å². The van der Waals surface area contributed by atoms with Crippen molar-refractivity contribution in [2.24, 2.45) is 0 Å². The van der Waals surface area contributed by atoms with Crippen molar-refractivity contribution in [2.45, 2.75) is 11.8 Å². The lowest BCUT2D eigenvalue weighted by atomic mass is 10.3. The molecule has 0 fully saturated rings. The highest BCUT2D eigenvalue weighted by Crippen LogP contribution is 2.26. The third-order valence-electron chi connectivity index (χ3n) is 3.18. The van der Waals surface area contributed by atoms with Crippen LogP contribution in [-0.2, 0) is 9.59 Å². The van der Waals surface area contributed by atoms with Crippen molar-refractivity contribution in [1.29, 1.82) is 0 Å². The summed E-state index contributed by atoms with van der Waals surface area (Å²) in [5.74, 6) is 0.265. The zero-order valence-electron chi connectivity index (χ0n) is 13.5. The van der Waals surface area contributed by atoms with Crippen molar-refractivity contribution in [1.82, 2.24) is 9.88 Å². The predicted molar refractivity (Wildman–Crippen MR) is 97.4 cm³/mol. The first-order valence-corrected chi connectivity index (χ1v) is 8.66. The molecule has 126 valence electrons. The van der Waals surface area contributed by atoms with Gasteiger partial charge in [0.2, 0.25) is 11.8 Å². The van der Waals surface area contributed by atoms with Crippen LogP contribution in [0.4, 0.5) is 5.82 Å². The molecule has 0 spiro atoms. The third kappa shape index (κ3) is 5.54. The Morgan fingerprint density at radius 1 is 1.29 bits per heavy atom. The normalized spacial score (nSPS) is 10.3. The van der Waals surface area contributed by atoms with E-state index in [1.807, 2.05) is 31.2 Å². The van der Waals surface area contributed by atoms with Crippen molar-refractivity contribution in [2.75, 3.05) is 24.7 Å². The molecule has 0 aliphatic heterocycles. The molecular weight excluding hydrogens is 346 g/mol. The van der Waals surface area contributed by atoms with Gasteiger partial charge in [0.15, 0.2) is 0 Å². The summed E-state index contributed by atoms with van der Waals surface area (Å²) in [6.45, 7) is 1.89. The number of hydrogen-bond donors (Lipinski definition) is 1. The van der Waals surface area contributed by atoms with Crippen molar-refractivity contribution < 1.29 is 9.59 Å². The minimum Gasteiger partial charge on any atom is -0.336 e. The number of nitrogens with one attached hydrogen (secondary N) is 1. The first-order chi connectivity index (χ1) is 11.5. The van der Waals surface area contributed by atoms with E-state index in [4.69, 9.17) is 11.6 Å². The average Bonchev–Trinajstić information content (AvgIpc) is 2.53. The van der Waals surface area contributed by atoms with Gasteiger partial charge in [-0.25, -0.2) is 4.98 Å². The molecule has 0 aliphatic rings. The van der Waals surface area contributed by atoms with Crippen molar-refractivity contribution in [3.8, 4) is 0 Å². The molecule has 1 heterocycles. The largest absolute Gasteiger partial charge is 0.336 e. The Bertz CT molecular complexity index is 739.